The van der Waals surface area contributed by atoms with Crippen LogP contribution in [0.15, 0.2) is 84.7 Å². The van der Waals surface area contributed by atoms with Gasteiger partial charge < -0.3 is 0 Å². The van der Waals surface area contributed by atoms with Crippen LogP contribution in [0.1, 0.15) is 67.2 Å². The molecule has 3 aromatic carbocycles. The predicted molar refractivity (Wildman–Crippen MR) is 136 cm³/mol. The molecule has 4 rings (SSSR count). The fraction of sp³-hybridized carbons (Fsp3) is 0.290. The fourth-order valence-electron chi connectivity index (χ4n) is 4.89. The van der Waals surface area contributed by atoms with Crippen molar-refractivity contribution < 1.29 is 13.2 Å². The van der Waals surface area contributed by atoms with Crippen molar-refractivity contribution in [2.24, 2.45) is 11.8 Å². The first-order chi connectivity index (χ1) is 16.5. The fourth-order valence-corrected chi connectivity index (χ4v) is 4.89. The standard InChI is InChI=1S/C31H31F3/c1-22(26-5-3-2-4-6-26)21-25-11-17-28(18-12-25)31(34)30(33)27-15-9-23(10-16-27)7-8-24-13-19-29(32)20-14-24/h2-10,13-16,19-20,22,25,28H,11-12,17-18,21H2,1H3/b8-7?,31-30+/t22-,25?,28?/m0/s1. The maximum atomic E-state index is 15.0. The molecule has 1 atom stereocenters. The van der Waals surface area contributed by atoms with Gasteiger partial charge in [0.05, 0.1) is 0 Å². The summed E-state index contributed by atoms with van der Waals surface area (Å²) in [5.41, 5.74) is 3.36. The van der Waals surface area contributed by atoms with Crippen molar-refractivity contribution in [1.82, 2.24) is 0 Å². The van der Waals surface area contributed by atoms with Gasteiger partial charge in [-0.15, -0.1) is 0 Å². The van der Waals surface area contributed by atoms with Crippen molar-refractivity contribution >= 4 is 18.0 Å². The molecule has 1 aliphatic rings. The molecule has 1 saturated carbocycles. The molecule has 0 spiro atoms. The van der Waals surface area contributed by atoms with Gasteiger partial charge in [0.1, 0.15) is 11.6 Å². The SMILES string of the molecule is C[C@@H](CC1CCC(/C(F)=C(\F)c2ccc(C=Cc3ccc(F)cc3)cc2)CC1)c1ccccc1. The second-order valence-electron chi connectivity index (χ2n) is 9.43. The summed E-state index contributed by atoms with van der Waals surface area (Å²) in [6.45, 7) is 2.25. The predicted octanol–water partition coefficient (Wildman–Crippen LogP) is 9.60. The van der Waals surface area contributed by atoms with Crippen LogP contribution in [-0.4, -0.2) is 0 Å². The third-order valence-electron chi connectivity index (χ3n) is 6.97. The van der Waals surface area contributed by atoms with E-state index in [0.717, 1.165) is 30.4 Å². The smallest absolute Gasteiger partial charge is 0.162 e. The molecule has 1 fully saturated rings. The summed E-state index contributed by atoms with van der Waals surface area (Å²) in [6.07, 6.45) is 8.10. The highest BCUT2D eigenvalue weighted by Gasteiger charge is 2.28. The second kappa shape index (κ2) is 11.4. The van der Waals surface area contributed by atoms with E-state index in [2.05, 4.69) is 31.2 Å². The van der Waals surface area contributed by atoms with Crippen molar-refractivity contribution in [2.45, 2.75) is 44.9 Å². The van der Waals surface area contributed by atoms with Gasteiger partial charge in [0.25, 0.3) is 0 Å². The molecule has 3 aromatic rings. The molecular formula is C31H31F3. The van der Waals surface area contributed by atoms with E-state index in [1.165, 1.54) is 17.7 Å². The molecule has 0 bridgehead atoms. The van der Waals surface area contributed by atoms with Gasteiger partial charge in [-0.25, -0.2) is 13.2 Å². The lowest BCUT2D eigenvalue weighted by atomic mass is 9.76. The summed E-state index contributed by atoms with van der Waals surface area (Å²) in [5, 5.41) is 0. The molecule has 3 heteroatoms. The van der Waals surface area contributed by atoms with Crippen molar-refractivity contribution in [1.29, 1.82) is 0 Å². The van der Waals surface area contributed by atoms with E-state index in [9.17, 15) is 13.2 Å². The number of rotatable bonds is 7. The molecule has 176 valence electrons. The van der Waals surface area contributed by atoms with E-state index in [0.29, 0.717) is 24.7 Å². The van der Waals surface area contributed by atoms with Crippen molar-refractivity contribution in [3.05, 3.63) is 113 Å². The Bertz CT molecular complexity index is 1100. The topological polar surface area (TPSA) is 0 Å². The van der Waals surface area contributed by atoms with E-state index in [1.54, 1.807) is 36.4 Å². The summed E-state index contributed by atoms with van der Waals surface area (Å²) in [4.78, 5) is 0. The van der Waals surface area contributed by atoms with E-state index in [-0.39, 0.29) is 17.3 Å². The van der Waals surface area contributed by atoms with Gasteiger partial charge in [-0.2, -0.15) is 0 Å². The van der Waals surface area contributed by atoms with Crippen LogP contribution in [-0.2, 0) is 0 Å². The molecule has 0 nitrogen and oxygen atoms in total. The molecule has 0 radical (unpaired) electrons. The largest absolute Gasteiger partial charge is 0.208 e. The van der Waals surface area contributed by atoms with E-state index in [4.69, 9.17) is 0 Å². The zero-order chi connectivity index (χ0) is 23.9. The van der Waals surface area contributed by atoms with Crippen LogP contribution in [0, 0.1) is 17.7 Å². The highest BCUT2D eigenvalue weighted by Crippen LogP contribution is 2.40. The number of benzene rings is 3. The van der Waals surface area contributed by atoms with Gasteiger partial charge >= 0.3 is 0 Å². The van der Waals surface area contributed by atoms with Crippen molar-refractivity contribution in [3.63, 3.8) is 0 Å². The zero-order valence-corrected chi connectivity index (χ0v) is 19.6. The summed E-state index contributed by atoms with van der Waals surface area (Å²) >= 11 is 0. The lowest BCUT2D eigenvalue weighted by molar-refractivity contribution is 0.254. The van der Waals surface area contributed by atoms with E-state index < -0.39 is 11.7 Å². The number of halogens is 3. The van der Waals surface area contributed by atoms with Crippen LogP contribution < -0.4 is 0 Å². The van der Waals surface area contributed by atoms with Crippen molar-refractivity contribution in [2.75, 3.05) is 0 Å². The lowest BCUT2D eigenvalue weighted by Gasteiger charge is -2.29. The van der Waals surface area contributed by atoms with Gasteiger partial charge in [-0.3, -0.25) is 0 Å². The molecule has 0 saturated heterocycles. The zero-order valence-electron chi connectivity index (χ0n) is 19.6. The number of hydrogen-bond acceptors (Lipinski definition) is 0. The van der Waals surface area contributed by atoms with Crippen LogP contribution in [0.4, 0.5) is 13.2 Å². The van der Waals surface area contributed by atoms with Crippen LogP contribution in [0.2, 0.25) is 0 Å². The molecule has 34 heavy (non-hydrogen) atoms. The minimum atomic E-state index is -0.741. The Morgan fingerprint density at radius 3 is 1.94 bits per heavy atom. The minimum Gasteiger partial charge on any atom is -0.208 e. The number of hydrogen-bond donors (Lipinski definition) is 0. The maximum absolute atomic E-state index is 15.0. The minimum absolute atomic E-state index is 0.274. The first-order valence-electron chi connectivity index (χ1n) is 12.1. The molecule has 0 heterocycles. The summed E-state index contributed by atoms with van der Waals surface area (Å²) in [6, 6.07) is 23.5. The average Bonchev–Trinajstić information content (AvgIpc) is 2.89. The molecule has 1 aliphatic carbocycles. The molecule has 0 unspecified atom stereocenters. The molecular weight excluding hydrogens is 429 g/mol. The van der Waals surface area contributed by atoms with E-state index >= 15 is 0 Å². The Morgan fingerprint density at radius 1 is 0.794 bits per heavy atom. The molecule has 0 amide bonds. The molecule has 0 aromatic heterocycles. The van der Waals surface area contributed by atoms with Crippen LogP contribution >= 0.6 is 0 Å². The molecule has 0 N–H and O–H groups in total. The summed E-state index contributed by atoms with van der Waals surface area (Å²) < 4.78 is 42.9. The quantitative estimate of drug-likeness (QED) is 0.308. The Balaban J connectivity index is 1.33. The first-order valence-corrected chi connectivity index (χ1v) is 12.1. The Kier molecular flexibility index (Phi) is 8.05. The van der Waals surface area contributed by atoms with Crippen LogP contribution in [0.25, 0.3) is 18.0 Å². The highest BCUT2D eigenvalue weighted by atomic mass is 19.2. The van der Waals surface area contributed by atoms with Gasteiger partial charge in [-0.1, -0.05) is 85.8 Å². The third-order valence-corrected chi connectivity index (χ3v) is 6.97. The second-order valence-corrected chi connectivity index (χ2v) is 9.43. The third kappa shape index (κ3) is 6.28. The van der Waals surface area contributed by atoms with Crippen LogP contribution in [0.3, 0.4) is 0 Å². The normalized spacial score (nSPS) is 20.2. The molecule has 0 aliphatic heterocycles. The Morgan fingerprint density at radius 2 is 1.35 bits per heavy atom. The Hall–Kier alpha value is -3.07. The monoisotopic (exact) mass is 460 g/mol. The number of allylic oxidation sites excluding steroid dienone is 1. The Labute approximate surface area is 200 Å². The van der Waals surface area contributed by atoms with Crippen molar-refractivity contribution in [3.8, 4) is 0 Å². The summed E-state index contributed by atoms with van der Waals surface area (Å²) in [7, 11) is 0. The van der Waals surface area contributed by atoms with E-state index in [1.807, 2.05) is 18.2 Å². The first kappa shape index (κ1) is 24.1. The summed E-state index contributed by atoms with van der Waals surface area (Å²) in [5.74, 6) is -0.910. The average molecular weight is 461 g/mol. The van der Waals surface area contributed by atoms with Gasteiger partial charge in [0.15, 0.2) is 5.83 Å². The lowest BCUT2D eigenvalue weighted by Crippen LogP contribution is -2.17. The van der Waals surface area contributed by atoms with Gasteiger partial charge in [0, 0.05) is 11.5 Å². The van der Waals surface area contributed by atoms with Crippen LogP contribution in [0.5, 0.6) is 0 Å². The highest BCUT2D eigenvalue weighted by molar-refractivity contribution is 5.71. The maximum Gasteiger partial charge on any atom is 0.162 e. The van der Waals surface area contributed by atoms with Gasteiger partial charge in [-0.05, 0) is 72.8 Å². The van der Waals surface area contributed by atoms with Gasteiger partial charge in [0.2, 0.25) is 0 Å².